The Morgan fingerprint density at radius 2 is 2.13 bits per heavy atom. The minimum atomic E-state index is 0.0447. The second kappa shape index (κ2) is 7.45. The molecule has 23 heavy (non-hydrogen) atoms. The van der Waals surface area contributed by atoms with Crippen LogP contribution in [0.1, 0.15) is 48.0 Å². The van der Waals surface area contributed by atoms with Gasteiger partial charge in [0.05, 0.1) is 25.0 Å². The molecule has 1 amide bonds. The molecule has 3 heterocycles. The summed E-state index contributed by atoms with van der Waals surface area (Å²) in [6.07, 6.45) is 3.83. The molecule has 0 unspecified atom stereocenters. The van der Waals surface area contributed by atoms with Crippen LogP contribution in [0.15, 0.2) is 4.52 Å². The maximum atomic E-state index is 12.7. The van der Waals surface area contributed by atoms with Gasteiger partial charge >= 0.3 is 0 Å². The van der Waals surface area contributed by atoms with Gasteiger partial charge in [0.2, 0.25) is 0 Å². The van der Waals surface area contributed by atoms with Crippen molar-refractivity contribution in [1.29, 1.82) is 0 Å². The Morgan fingerprint density at radius 3 is 2.78 bits per heavy atom. The number of ether oxygens (including phenoxy) is 2. The van der Waals surface area contributed by atoms with Gasteiger partial charge in [-0.05, 0) is 26.2 Å². The molecule has 3 rings (SSSR count). The summed E-state index contributed by atoms with van der Waals surface area (Å²) in [6, 6.07) is 0. The van der Waals surface area contributed by atoms with E-state index in [0.717, 1.165) is 52.2 Å². The third-order valence-electron chi connectivity index (χ3n) is 4.79. The first-order valence-electron chi connectivity index (χ1n) is 8.62. The molecule has 1 aromatic heterocycles. The highest BCUT2D eigenvalue weighted by atomic mass is 16.5. The van der Waals surface area contributed by atoms with Crippen LogP contribution in [0.4, 0.5) is 0 Å². The van der Waals surface area contributed by atoms with Crippen LogP contribution in [-0.4, -0.2) is 55.0 Å². The highest BCUT2D eigenvalue weighted by Gasteiger charge is 2.29. The van der Waals surface area contributed by atoms with Gasteiger partial charge in [0.1, 0.15) is 11.3 Å². The van der Waals surface area contributed by atoms with Crippen LogP contribution in [0.3, 0.4) is 0 Å². The summed E-state index contributed by atoms with van der Waals surface area (Å²) < 4.78 is 16.6. The fourth-order valence-corrected chi connectivity index (χ4v) is 3.30. The number of carbonyl (C=O) groups is 1. The molecule has 2 aliphatic rings. The van der Waals surface area contributed by atoms with Crippen molar-refractivity contribution < 1.29 is 18.8 Å². The predicted molar refractivity (Wildman–Crippen MR) is 84.4 cm³/mol. The average molecular weight is 322 g/mol. The van der Waals surface area contributed by atoms with E-state index in [2.05, 4.69) is 5.16 Å². The Hall–Kier alpha value is -1.40. The first kappa shape index (κ1) is 16.5. The van der Waals surface area contributed by atoms with Crippen LogP contribution in [-0.2, 0) is 15.9 Å². The van der Waals surface area contributed by atoms with E-state index in [9.17, 15) is 4.79 Å². The van der Waals surface area contributed by atoms with Crippen molar-refractivity contribution in [2.75, 3.05) is 32.9 Å². The summed E-state index contributed by atoms with van der Waals surface area (Å²) in [5.74, 6) is 1.27. The number of amides is 1. The molecule has 2 aliphatic heterocycles. The lowest BCUT2D eigenvalue weighted by atomic mass is 10.0. The number of aryl methyl sites for hydroxylation is 2. The normalized spacial score (nSPS) is 22.7. The molecule has 0 bridgehead atoms. The molecule has 0 saturated carbocycles. The SMILES string of the molecule is CCc1onc(C)c1C(=O)N1CCC(OC[C@@H]2CCOC2)CC1. The fraction of sp³-hybridized carbons (Fsp3) is 0.765. The van der Waals surface area contributed by atoms with E-state index in [1.54, 1.807) is 0 Å². The number of hydrogen-bond donors (Lipinski definition) is 0. The van der Waals surface area contributed by atoms with Crippen LogP contribution in [0.5, 0.6) is 0 Å². The molecule has 0 N–H and O–H groups in total. The Kier molecular flexibility index (Phi) is 5.33. The van der Waals surface area contributed by atoms with Crippen molar-refractivity contribution in [3.63, 3.8) is 0 Å². The van der Waals surface area contributed by atoms with Crippen molar-refractivity contribution >= 4 is 5.91 Å². The maximum absolute atomic E-state index is 12.7. The zero-order chi connectivity index (χ0) is 16.2. The summed E-state index contributed by atoms with van der Waals surface area (Å²) in [7, 11) is 0. The lowest BCUT2D eigenvalue weighted by Gasteiger charge is -2.32. The fourth-order valence-electron chi connectivity index (χ4n) is 3.30. The molecule has 0 aromatic carbocycles. The molecule has 6 heteroatoms. The molecule has 2 saturated heterocycles. The van der Waals surface area contributed by atoms with E-state index in [1.807, 2.05) is 18.7 Å². The molecular formula is C17H26N2O4. The third-order valence-corrected chi connectivity index (χ3v) is 4.79. The number of piperidine rings is 1. The third kappa shape index (κ3) is 3.75. The van der Waals surface area contributed by atoms with Crippen LogP contribution in [0.2, 0.25) is 0 Å². The van der Waals surface area contributed by atoms with Gasteiger partial charge in [0.25, 0.3) is 5.91 Å². The second-order valence-electron chi connectivity index (χ2n) is 6.47. The summed E-state index contributed by atoms with van der Waals surface area (Å²) >= 11 is 0. The Morgan fingerprint density at radius 1 is 1.35 bits per heavy atom. The van der Waals surface area contributed by atoms with Crippen molar-refractivity contribution in [3.8, 4) is 0 Å². The summed E-state index contributed by atoms with van der Waals surface area (Å²) in [5.41, 5.74) is 1.33. The average Bonchev–Trinajstić information content (AvgIpc) is 3.22. The smallest absolute Gasteiger partial charge is 0.259 e. The predicted octanol–water partition coefficient (Wildman–Crippen LogP) is 2.20. The molecular weight excluding hydrogens is 296 g/mol. The van der Waals surface area contributed by atoms with Gasteiger partial charge < -0.3 is 18.9 Å². The summed E-state index contributed by atoms with van der Waals surface area (Å²) in [5, 5.41) is 3.93. The monoisotopic (exact) mass is 322 g/mol. The standard InChI is InChI=1S/C17H26N2O4/c1-3-15-16(12(2)18-23-15)17(20)19-7-4-14(5-8-19)22-11-13-6-9-21-10-13/h13-14H,3-11H2,1-2H3/t13-/m1/s1. The van der Waals surface area contributed by atoms with Crippen molar-refractivity contribution in [3.05, 3.63) is 17.0 Å². The zero-order valence-corrected chi connectivity index (χ0v) is 14.0. The minimum Gasteiger partial charge on any atom is -0.381 e. The Balaban J connectivity index is 1.50. The first-order valence-corrected chi connectivity index (χ1v) is 8.62. The van der Waals surface area contributed by atoms with Gasteiger partial charge in [-0.2, -0.15) is 0 Å². The number of carbonyl (C=O) groups excluding carboxylic acids is 1. The van der Waals surface area contributed by atoms with E-state index in [-0.39, 0.29) is 12.0 Å². The van der Waals surface area contributed by atoms with Crippen molar-refractivity contribution in [1.82, 2.24) is 10.1 Å². The Labute approximate surface area is 137 Å². The highest BCUT2D eigenvalue weighted by molar-refractivity contribution is 5.96. The number of rotatable bonds is 5. The van der Waals surface area contributed by atoms with Gasteiger partial charge in [-0.15, -0.1) is 0 Å². The van der Waals surface area contributed by atoms with Crippen LogP contribution < -0.4 is 0 Å². The van der Waals surface area contributed by atoms with Crippen molar-refractivity contribution in [2.24, 2.45) is 5.92 Å². The van der Waals surface area contributed by atoms with Gasteiger partial charge in [-0.25, -0.2) is 0 Å². The van der Waals surface area contributed by atoms with Gasteiger partial charge in [0, 0.05) is 32.0 Å². The van der Waals surface area contributed by atoms with Gasteiger partial charge in [0.15, 0.2) is 0 Å². The molecule has 2 fully saturated rings. The number of nitrogens with zero attached hydrogens (tertiary/aromatic N) is 2. The topological polar surface area (TPSA) is 64.8 Å². The highest BCUT2D eigenvalue weighted by Crippen LogP contribution is 2.22. The first-order chi connectivity index (χ1) is 11.2. The number of hydrogen-bond acceptors (Lipinski definition) is 5. The summed E-state index contributed by atoms with van der Waals surface area (Å²) in [4.78, 5) is 14.6. The second-order valence-corrected chi connectivity index (χ2v) is 6.47. The van der Waals surface area contributed by atoms with Crippen LogP contribution >= 0.6 is 0 Å². The van der Waals surface area contributed by atoms with E-state index >= 15 is 0 Å². The molecule has 1 atom stereocenters. The molecule has 0 radical (unpaired) electrons. The Bertz CT molecular complexity index is 529. The largest absolute Gasteiger partial charge is 0.381 e. The molecule has 1 aromatic rings. The van der Waals surface area contributed by atoms with Gasteiger partial charge in [-0.1, -0.05) is 12.1 Å². The maximum Gasteiger partial charge on any atom is 0.259 e. The zero-order valence-electron chi connectivity index (χ0n) is 14.0. The molecule has 0 aliphatic carbocycles. The van der Waals surface area contributed by atoms with E-state index in [0.29, 0.717) is 29.4 Å². The lowest BCUT2D eigenvalue weighted by Crippen LogP contribution is -2.41. The lowest BCUT2D eigenvalue weighted by molar-refractivity contribution is -0.00797. The van der Waals surface area contributed by atoms with E-state index < -0.39 is 0 Å². The van der Waals surface area contributed by atoms with Crippen LogP contribution in [0.25, 0.3) is 0 Å². The molecule has 6 nitrogen and oxygen atoms in total. The minimum absolute atomic E-state index is 0.0447. The van der Waals surface area contributed by atoms with Crippen LogP contribution in [0, 0.1) is 12.8 Å². The molecule has 0 spiro atoms. The molecule has 128 valence electrons. The van der Waals surface area contributed by atoms with E-state index in [4.69, 9.17) is 14.0 Å². The number of likely N-dealkylation sites (tertiary alicyclic amines) is 1. The van der Waals surface area contributed by atoms with E-state index in [1.165, 1.54) is 0 Å². The van der Waals surface area contributed by atoms with Gasteiger partial charge in [-0.3, -0.25) is 4.79 Å². The number of aromatic nitrogens is 1. The quantitative estimate of drug-likeness (QED) is 0.831. The summed E-state index contributed by atoms with van der Waals surface area (Å²) in [6.45, 7) is 7.74. The van der Waals surface area contributed by atoms with Crippen molar-refractivity contribution in [2.45, 2.75) is 45.6 Å².